The van der Waals surface area contributed by atoms with Gasteiger partial charge in [-0.25, -0.2) is 4.79 Å². The molecule has 0 bridgehead atoms. The van der Waals surface area contributed by atoms with Crippen LogP contribution < -0.4 is 0 Å². The third-order valence-electron chi connectivity index (χ3n) is 2.51. The topological polar surface area (TPSA) is 44.8 Å². The predicted molar refractivity (Wildman–Crippen MR) is 59.9 cm³/mol. The van der Waals surface area contributed by atoms with Crippen LogP contribution in [0.4, 0.5) is 0 Å². The van der Waals surface area contributed by atoms with Crippen molar-refractivity contribution >= 4 is 5.97 Å². The molecule has 1 saturated heterocycles. The van der Waals surface area contributed by atoms with E-state index in [1.807, 2.05) is 6.92 Å². The zero-order chi connectivity index (χ0) is 11.8. The maximum absolute atomic E-state index is 10.9. The molecule has 1 unspecified atom stereocenters. The molecule has 0 aromatic heterocycles. The molecule has 0 amide bonds. The fourth-order valence-electron chi connectivity index (χ4n) is 1.55. The highest BCUT2D eigenvalue weighted by molar-refractivity contribution is 5.81. The summed E-state index contributed by atoms with van der Waals surface area (Å²) in [5.74, 6) is -0.355. The Labute approximate surface area is 96.6 Å². The van der Waals surface area contributed by atoms with Gasteiger partial charge in [-0.05, 0) is 31.8 Å². The van der Waals surface area contributed by atoms with Crippen molar-refractivity contribution in [2.75, 3.05) is 13.7 Å². The molecule has 1 aliphatic rings. The fraction of sp³-hybridized carbons (Fsp3) is 0.750. The molecule has 0 aromatic rings. The Balaban J connectivity index is 2.35. The van der Waals surface area contributed by atoms with Crippen LogP contribution in [0, 0.1) is 0 Å². The average molecular weight is 228 g/mol. The fourth-order valence-corrected chi connectivity index (χ4v) is 1.55. The molecule has 1 heterocycles. The van der Waals surface area contributed by atoms with Crippen LogP contribution in [0.1, 0.15) is 32.6 Å². The number of rotatable bonds is 5. The molecule has 1 aliphatic heterocycles. The average Bonchev–Trinajstić information content (AvgIpc) is 2.35. The van der Waals surface area contributed by atoms with Crippen molar-refractivity contribution in [2.24, 2.45) is 0 Å². The Hall–Kier alpha value is -0.870. The normalized spacial score (nSPS) is 23.2. The summed E-state index contributed by atoms with van der Waals surface area (Å²) >= 11 is 0. The Morgan fingerprint density at radius 2 is 2.38 bits per heavy atom. The molecule has 1 fully saturated rings. The molecule has 2 atom stereocenters. The van der Waals surface area contributed by atoms with Gasteiger partial charge in [0.15, 0.2) is 6.29 Å². The molecule has 4 nitrogen and oxygen atoms in total. The van der Waals surface area contributed by atoms with Crippen molar-refractivity contribution in [3.05, 3.63) is 12.2 Å². The summed E-state index contributed by atoms with van der Waals surface area (Å²) in [6, 6.07) is 0. The van der Waals surface area contributed by atoms with Gasteiger partial charge in [-0.15, -0.1) is 0 Å². The molecule has 92 valence electrons. The molecule has 0 aliphatic carbocycles. The molecule has 4 heteroatoms. The van der Waals surface area contributed by atoms with E-state index in [-0.39, 0.29) is 18.4 Å². The van der Waals surface area contributed by atoms with Gasteiger partial charge in [0.05, 0.1) is 13.2 Å². The number of esters is 1. The van der Waals surface area contributed by atoms with Crippen molar-refractivity contribution in [1.82, 2.24) is 0 Å². The van der Waals surface area contributed by atoms with Crippen LogP contribution in [0.3, 0.4) is 0 Å². The smallest absolute Gasteiger partial charge is 0.330 e. The highest BCUT2D eigenvalue weighted by Gasteiger charge is 2.17. The van der Waals surface area contributed by atoms with Crippen molar-refractivity contribution in [3.8, 4) is 0 Å². The second-order valence-electron chi connectivity index (χ2n) is 3.76. The molecular formula is C12H20O4. The highest BCUT2D eigenvalue weighted by atomic mass is 16.7. The third-order valence-corrected chi connectivity index (χ3v) is 2.51. The largest absolute Gasteiger partial charge is 0.466 e. The van der Waals surface area contributed by atoms with E-state index < -0.39 is 0 Å². The standard InChI is InChI=1S/C12H20O4/c1-3-10(7-8-11(13)14-2)16-12-6-4-5-9-15-12/h7-8,10,12H,3-6,9H2,1-2H3/b8-7-/t10-,12?/m1/s1. The van der Waals surface area contributed by atoms with Crippen molar-refractivity contribution in [2.45, 2.75) is 45.0 Å². The van der Waals surface area contributed by atoms with Crippen LogP contribution in [0.5, 0.6) is 0 Å². The van der Waals surface area contributed by atoms with Crippen LogP contribution >= 0.6 is 0 Å². The van der Waals surface area contributed by atoms with Crippen molar-refractivity contribution in [1.29, 1.82) is 0 Å². The van der Waals surface area contributed by atoms with E-state index in [9.17, 15) is 4.79 Å². The highest BCUT2D eigenvalue weighted by Crippen LogP contribution is 2.16. The minimum Gasteiger partial charge on any atom is -0.466 e. The Morgan fingerprint density at radius 1 is 1.56 bits per heavy atom. The van der Waals surface area contributed by atoms with Crippen LogP contribution in [-0.2, 0) is 19.0 Å². The number of hydrogen-bond acceptors (Lipinski definition) is 4. The van der Waals surface area contributed by atoms with Crippen molar-refractivity contribution < 1.29 is 19.0 Å². The molecule has 0 radical (unpaired) electrons. The zero-order valence-electron chi connectivity index (χ0n) is 9.98. The molecule has 1 rings (SSSR count). The summed E-state index contributed by atoms with van der Waals surface area (Å²) in [6.45, 7) is 2.77. The number of ether oxygens (including phenoxy) is 3. The lowest BCUT2D eigenvalue weighted by Gasteiger charge is -2.25. The lowest BCUT2D eigenvalue weighted by Crippen LogP contribution is -2.26. The number of carbonyl (C=O) groups excluding carboxylic acids is 1. The van der Waals surface area contributed by atoms with Gasteiger partial charge in [-0.3, -0.25) is 0 Å². The number of methoxy groups -OCH3 is 1. The second-order valence-corrected chi connectivity index (χ2v) is 3.76. The molecule has 0 saturated carbocycles. The maximum Gasteiger partial charge on any atom is 0.330 e. The lowest BCUT2D eigenvalue weighted by molar-refractivity contribution is -0.178. The monoisotopic (exact) mass is 228 g/mol. The first-order chi connectivity index (χ1) is 7.76. The van der Waals surface area contributed by atoms with Crippen LogP contribution in [-0.4, -0.2) is 32.1 Å². The Kier molecular flexibility index (Phi) is 6.11. The summed E-state index contributed by atoms with van der Waals surface area (Å²) in [5.41, 5.74) is 0. The summed E-state index contributed by atoms with van der Waals surface area (Å²) in [5, 5.41) is 0. The summed E-state index contributed by atoms with van der Waals surface area (Å²) < 4.78 is 15.7. The number of hydrogen-bond donors (Lipinski definition) is 0. The van der Waals surface area contributed by atoms with E-state index in [1.54, 1.807) is 6.08 Å². The van der Waals surface area contributed by atoms with Gasteiger partial charge < -0.3 is 14.2 Å². The summed E-state index contributed by atoms with van der Waals surface area (Å²) in [6.07, 6.45) is 6.91. The summed E-state index contributed by atoms with van der Waals surface area (Å²) in [7, 11) is 1.36. The van der Waals surface area contributed by atoms with Crippen molar-refractivity contribution in [3.63, 3.8) is 0 Å². The molecule has 0 N–H and O–H groups in total. The predicted octanol–water partition coefficient (Wildman–Crippen LogP) is 2.04. The van der Waals surface area contributed by atoms with Gasteiger partial charge in [0.1, 0.15) is 0 Å². The molecule has 16 heavy (non-hydrogen) atoms. The molecular weight excluding hydrogens is 208 g/mol. The Bertz CT molecular complexity index is 231. The summed E-state index contributed by atoms with van der Waals surface area (Å²) in [4.78, 5) is 10.9. The third kappa shape index (κ3) is 4.77. The molecule has 0 spiro atoms. The number of carbonyl (C=O) groups is 1. The van der Waals surface area contributed by atoms with E-state index in [0.717, 1.165) is 32.3 Å². The van der Waals surface area contributed by atoms with E-state index >= 15 is 0 Å². The van der Waals surface area contributed by atoms with Gasteiger partial charge in [0, 0.05) is 12.7 Å². The van der Waals surface area contributed by atoms with E-state index in [2.05, 4.69) is 4.74 Å². The van der Waals surface area contributed by atoms with Gasteiger partial charge in [0.2, 0.25) is 0 Å². The van der Waals surface area contributed by atoms with E-state index in [1.165, 1.54) is 13.2 Å². The SMILES string of the molecule is CC[C@H](/C=C\C(=O)OC)OC1CCCCO1. The van der Waals surface area contributed by atoms with E-state index in [0.29, 0.717) is 0 Å². The van der Waals surface area contributed by atoms with Crippen LogP contribution in [0.15, 0.2) is 12.2 Å². The Morgan fingerprint density at radius 3 is 2.94 bits per heavy atom. The quantitative estimate of drug-likeness (QED) is 0.533. The first-order valence-corrected chi connectivity index (χ1v) is 5.79. The van der Waals surface area contributed by atoms with E-state index in [4.69, 9.17) is 9.47 Å². The maximum atomic E-state index is 10.9. The van der Waals surface area contributed by atoms with Gasteiger partial charge in [-0.1, -0.05) is 6.92 Å². The van der Waals surface area contributed by atoms with Gasteiger partial charge in [0.25, 0.3) is 0 Å². The second kappa shape index (κ2) is 7.41. The van der Waals surface area contributed by atoms with Crippen LogP contribution in [0.25, 0.3) is 0 Å². The minimum absolute atomic E-state index is 0.0813. The molecule has 0 aromatic carbocycles. The minimum atomic E-state index is -0.355. The first kappa shape index (κ1) is 13.2. The zero-order valence-corrected chi connectivity index (χ0v) is 9.98. The lowest BCUT2D eigenvalue weighted by atomic mass is 10.2. The van der Waals surface area contributed by atoms with Gasteiger partial charge in [-0.2, -0.15) is 0 Å². The first-order valence-electron chi connectivity index (χ1n) is 5.79. The van der Waals surface area contributed by atoms with Gasteiger partial charge >= 0.3 is 5.97 Å². The van der Waals surface area contributed by atoms with Crippen LogP contribution in [0.2, 0.25) is 0 Å².